The SMILES string of the molecule is COc1cc([N+](=O)[O-])ccc1-n1c(C)cc([C@H]2[C@H](c3ccccn3)NC(=S)N2C)c1C. The fourth-order valence-electron chi connectivity index (χ4n) is 4.27. The molecule has 0 saturated carbocycles. The normalized spacial score (nSPS) is 18.2. The molecule has 0 radical (unpaired) electrons. The second kappa shape index (κ2) is 7.99. The first-order chi connectivity index (χ1) is 14.8. The van der Waals surface area contributed by atoms with Crippen molar-refractivity contribution in [1.82, 2.24) is 19.8 Å². The highest BCUT2D eigenvalue weighted by molar-refractivity contribution is 7.80. The quantitative estimate of drug-likeness (QED) is 0.367. The van der Waals surface area contributed by atoms with Crippen molar-refractivity contribution in [3.8, 4) is 11.4 Å². The number of benzene rings is 1. The highest BCUT2D eigenvalue weighted by Gasteiger charge is 2.39. The van der Waals surface area contributed by atoms with E-state index in [1.165, 1.54) is 19.2 Å². The van der Waals surface area contributed by atoms with Crippen LogP contribution in [0.5, 0.6) is 5.75 Å². The summed E-state index contributed by atoms with van der Waals surface area (Å²) in [5, 5.41) is 15.2. The number of hydrogen-bond donors (Lipinski definition) is 1. The molecular weight excluding hydrogens is 414 g/mol. The number of nitro groups is 1. The molecule has 2 atom stereocenters. The molecule has 160 valence electrons. The Morgan fingerprint density at radius 2 is 2.00 bits per heavy atom. The van der Waals surface area contributed by atoms with E-state index in [1.54, 1.807) is 12.3 Å². The van der Waals surface area contributed by atoms with Crippen molar-refractivity contribution in [2.24, 2.45) is 0 Å². The highest BCUT2D eigenvalue weighted by atomic mass is 32.1. The van der Waals surface area contributed by atoms with Gasteiger partial charge in [-0.05, 0) is 55.9 Å². The average molecular weight is 438 g/mol. The van der Waals surface area contributed by atoms with Crippen LogP contribution in [0, 0.1) is 24.0 Å². The largest absolute Gasteiger partial charge is 0.494 e. The fraction of sp³-hybridized carbons (Fsp3) is 0.273. The van der Waals surface area contributed by atoms with Crippen LogP contribution in [-0.4, -0.2) is 38.6 Å². The van der Waals surface area contributed by atoms with Crippen LogP contribution < -0.4 is 10.1 Å². The Morgan fingerprint density at radius 3 is 2.65 bits per heavy atom. The number of ether oxygens (including phenoxy) is 1. The number of rotatable bonds is 5. The van der Waals surface area contributed by atoms with Gasteiger partial charge < -0.3 is 19.5 Å². The second-order valence-electron chi connectivity index (χ2n) is 7.51. The Morgan fingerprint density at radius 1 is 1.23 bits per heavy atom. The molecule has 2 aromatic heterocycles. The van der Waals surface area contributed by atoms with Gasteiger partial charge in [-0.25, -0.2) is 0 Å². The standard InChI is InChI=1S/C22H23N5O3S/c1-13-11-16(21-20(24-22(31)25(21)3)17-7-5-6-10-23-17)14(2)26(13)18-9-8-15(27(28)29)12-19(18)30-4/h5-12,20-21H,1-4H3,(H,24,31)/t20-,21-/m0/s1. The van der Waals surface area contributed by atoms with E-state index in [1.807, 2.05) is 44.0 Å². The number of likely N-dealkylation sites (N-methyl/N-ethyl adjacent to an activating group) is 1. The van der Waals surface area contributed by atoms with E-state index in [9.17, 15) is 10.1 Å². The molecular formula is C22H23N5O3S. The second-order valence-corrected chi connectivity index (χ2v) is 7.90. The number of aryl methyl sites for hydroxylation is 1. The van der Waals surface area contributed by atoms with Crippen LogP contribution >= 0.6 is 12.2 Å². The molecule has 0 aliphatic carbocycles. The van der Waals surface area contributed by atoms with E-state index in [0.29, 0.717) is 10.9 Å². The van der Waals surface area contributed by atoms with E-state index < -0.39 is 4.92 Å². The van der Waals surface area contributed by atoms with Crippen LogP contribution in [0.4, 0.5) is 5.69 Å². The van der Waals surface area contributed by atoms with Crippen LogP contribution in [-0.2, 0) is 0 Å². The number of nitrogens with zero attached hydrogens (tertiary/aromatic N) is 4. The number of non-ortho nitro benzene ring substituents is 1. The zero-order valence-electron chi connectivity index (χ0n) is 17.7. The van der Waals surface area contributed by atoms with Gasteiger partial charge in [0.25, 0.3) is 5.69 Å². The predicted molar refractivity (Wildman–Crippen MR) is 122 cm³/mol. The Hall–Kier alpha value is -3.46. The van der Waals surface area contributed by atoms with E-state index in [-0.39, 0.29) is 17.8 Å². The maximum absolute atomic E-state index is 11.2. The van der Waals surface area contributed by atoms with Gasteiger partial charge >= 0.3 is 0 Å². The van der Waals surface area contributed by atoms with E-state index in [4.69, 9.17) is 17.0 Å². The molecule has 9 heteroatoms. The molecule has 1 fully saturated rings. The van der Waals surface area contributed by atoms with Gasteiger partial charge in [-0.15, -0.1) is 0 Å². The number of nitro benzene ring substituents is 1. The number of methoxy groups -OCH3 is 1. The summed E-state index contributed by atoms with van der Waals surface area (Å²) in [7, 11) is 3.49. The van der Waals surface area contributed by atoms with Gasteiger partial charge in [0.1, 0.15) is 5.75 Å². The molecule has 8 nitrogen and oxygen atoms in total. The molecule has 3 heterocycles. The first-order valence-corrected chi connectivity index (χ1v) is 10.2. The summed E-state index contributed by atoms with van der Waals surface area (Å²) in [5.74, 6) is 0.442. The molecule has 1 aromatic carbocycles. The molecule has 4 rings (SSSR count). The molecule has 1 aliphatic heterocycles. The van der Waals surface area contributed by atoms with E-state index in [2.05, 4.69) is 20.9 Å². The Bertz CT molecular complexity index is 1160. The lowest BCUT2D eigenvalue weighted by Gasteiger charge is -2.24. The van der Waals surface area contributed by atoms with Crippen molar-refractivity contribution in [3.05, 3.63) is 81.4 Å². The van der Waals surface area contributed by atoms with Crippen molar-refractivity contribution in [2.45, 2.75) is 25.9 Å². The summed E-state index contributed by atoms with van der Waals surface area (Å²) < 4.78 is 7.54. The van der Waals surface area contributed by atoms with Gasteiger partial charge in [0.05, 0.1) is 41.6 Å². The summed E-state index contributed by atoms with van der Waals surface area (Å²) in [5.41, 5.74) is 4.75. The first-order valence-electron chi connectivity index (χ1n) is 9.79. The topological polar surface area (TPSA) is 85.5 Å². The Balaban J connectivity index is 1.83. The summed E-state index contributed by atoms with van der Waals surface area (Å²) in [6, 6.07) is 12.5. The van der Waals surface area contributed by atoms with Gasteiger partial charge in [-0.2, -0.15) is 0 Å². The number of thiocarbonyl (C=S) groups is 1. The molecule has 1 N–H and O–H groups in total. The molecule has 1 aliphatic rings. The van der Waals surface area contributed by atoms with Crippen molar-refractivity contribution < 1.29 is 9.66 Å². The summed E-state index contributed by atoms with van der Waals surface area (Å²) in [4.78, 5) is 17.3. The minimum absolute atomic E-state index is 0.0106. The predicted octanol–water partition coefficient (Wildman–Crippen LogP) is 4.01. The monoisotopic (exact) mass is 437 g/mol. The molecule has 0 bridgehead atoms. The highest BCUT2D eigenvalue weighted by Crippen LogP contribution is 2.41. The lowest BCUT2D eigenvalue weighted by molar-refractivity contribution is -0.384. The summed E-state index contributed by atoms with van der Waals surface area (Å²) >= 11 is 5.55. The molecule has 31 heavy (non-hydrogen) atoms. The van der Waals surface area contributed by atoms with Crippen molar-refractivity contribution >= 4 is 23.0 Å². The van der Waals surface area contributed by atoms with Gasteiger partial charge in [-0.1, -0.05) is 6.07 Å². The number of aromatic nitrogens is 2. The first kappa shape index (κ1) is 20.8. The molecule has 3 aromatic rings. The van der Waals surface area contributed by atoms with Crippen LogP contribution in [0.1, 0.15) is 34.7 Å². The zero-order chi connectivity index (χ0) is 22.3. The van der Waals surface area contributed by atoms with Crippen LogP contribution in [0.3, 0.4) is 0 Å². The van der Waals surface area contributed by atoms with Crippen molar-refractivity contribution in [3.63, 3.8) is 0 Å². The Kier molecular flexibility index (Phi) is 5.36. The minimum Gasteiger partial charge on any atom is -0.494 e. The van der Waals surface area contributed by atoms with Crippen LogP contribution in [0.2, 0.25) is 0 Å². The van der Waals surface area contributed by atoms with E-state index >= 15 is 0 Å². The van der Waals surface area contributed by atoms with Crippen molar-refractivity contribution in [2.75, 3.05) is 14.2 Å². The van der Waals surface area contributed by atoms with Gasteiger partial charge in [0, 0.05) is 30.7 Å². The molecule has 0 amide bonds. The maximum Gasteiger partial charge on any atom is 0.273 e. The van der Waals surface area contributed by atoms with Crippen LogP contribution in [0.15, 0.2) is 48.7 Å². The molecule has 1 saturated heterocycles. The summed E-state index contributed by atoms with van der Waals surface area (Å²) in [6.45, 7) is 4.04. The lowest BCUT2D eigenvalue weighted by Crippen LogP contribution is -2.25. The average Bonchev–Trinajstić information content (AvgIpc) is 3.22. The van der Waals surface area contributed by atoms with Gasteiger partial charge in [0.2, 0.25) is 0 Å². The fourth-order valence-corrected chi connectivity index (χ4v) is 4.51. The van der Waals surface area contributed by atoms with Crippen molar-refractivity contribution in [1.29, 1.82) is 0 Å². The van der Waals surface area contributed by atoms with Gasteiger partial charge in [0.15, 0.2) is 5.11 Å². The number of hydrogen-bond acceptors (Lipinski definition) is 5. The lowest BCUT2D eigenvalue weighted by atomic mass is 9.97. The summed E-state index contributed by atoms with van der Waals surface area (Å²) in [6.07, 6.45) is 1.78. The number of nitrogens with one attached hydrogen (secondary N) is 1. The zero-order valence-corrected chi connectivity index (χ0v) is 18.5. The number of pyridine rings is 1. The molecule has 0 spiro atoms. The maximum atomic E-state index is 11.2. The Labute approximate surface area is 185 Å². The third kappa shape index (κ3) is 3.50. The molecule has 0 unspecified atom stereocenters. The third-order valence-electron chi connectivity index (χ3n) is 5.74. The minimum atomic E-state index is -0.426. The van der Waals surface area contributed by atoms with Gasteiger partial charge in [-0.3, -0.25) is 15.1 Å². The smallest absolute Gasteiger partial charge is 0.273 e. The van der Waals surface area contributed by atoms with E-state index in [0.717, 1.165) is 28.3 Å². The van der Waals surface area contributed by atoms with Crippen LogP contribution in [0.25, 0.3) is 5.69 Å². The third-order valence-corrected chi connectivity index (χ3v) is 6.15.